The van der Waals surface area contributed by atoms with Gasteiger partial charge in [0.15, 0.2) is 0 Å². The first-order valence-corrected chi connectivity index (χ1v) is 7.99. The molecule has 4 nitrogen and oxygen atoms in total. The molecule has 2 N–H and O–H groups in total. The van der Waals surface area contributed by atoms with Gasteiger partial charge in [0.25, 0.3) is 5.91 Å². The number of carbonyl (C=O) groups is 1. The minimum absolute atomic E-state index is 0.289. The van der Waals surface area contributed by atoms with Gasteiger partial charge in [0, 0.05) is 17.3 Å². The lowest BCUT2D eigenvalue weighted by Gasteiger charge is -2.08. The Kier molecular flexibility index (Phi) is 5.26. The van der Waals surface area contributed by atoms with Crippen molar-refractivity contribution < 1.29 is 9.18 Å². The van der Waals surface area contributed by atoms with E-state index in [1.807, 2.05) is 12.1 Å². The number of hydrogen-bond acceptors (Lipinski definition) is 3. The fraction of sp³-hybridized carbons (Fsp3) is 0.0526. The van der Waals surface area contributed by atoms with E-state index in [2.05, 4.69) is 15.6 Å². The van der Waals surface area contributed by atoms with E-state index in [0.29, 0.717) is 17.3 Å². The minimum Gasteiger partial charge on any atom is -0.354 e. The SMILES string of the molecule is O=C(NCc1ccc(F)cc1)c1ccc(Nc2ccc(Cl)cc2)cn1. The summed E-state index contributed by atoms with van der Waals surface area (Å²) < 4.78 is 12.9. The van der Waals surface area contributed by atoms with Crippen molar-refractivity contribution in [2.24, 2.45) is 0 Å². The zero-order chi connectivity index (χ0) is 17.6. The van der Waals surface area contributed by atoms with Gasteiger partial charge in [0.1, 0.15) is 11.5 Å². The summed E-state index contributed by atoms with van der Waals surface area (Å²) in [7, 11) is 0. The quantitative estimate of drug-likeness (QED) is 0.706. The summed E-state index contributed by atoms with van der Waals surface area (Å²) in [5.41, 5.74) is 2.76. The number of aromatic nitrogens is 1. The van der Waals surface area contributed by atoms with Gasteiger partial charge >= 0.3 is 0 Å². The third-order valence-electron chi connectivity index (χ3n) is 3.50. The van der Waals surface area contributed by atoms with Crippen LogP contribution in [0, 0.1) is 5.82 Å². The number of nitrogens with one attached hydrogen (secondary N) is 2. The number of benzene rings is 2. The normalized spacial score (nSPS) is 10.3. The Bertz CT molecular complexity index is 849. The van der Waals surface area contributed by atoms with Crippen LogP contribution in [0.3, 0.4) is 0 Å². The summed E-state index contributed by atoms with van der Waals surface area (Å²) in [6, 6.07) is 16.7. The van der Waals surface area contributed by atoms with Crippen molar-refractivity contribution in [1.82, 2.24) is 10.3 Å². The molecule has 0 saturated heterocycles. The number of carbonyl (C=O) groups excluding carboxylic acids is 1. The second-order valence-electron chi connectivity index (χ2n) is 5.37. The first-order chi connectivity index (χ1) is 12.1. The third-order valence-corrected chi connectivity index (χ3v) is 3.75. The molecule has 0 unspecified atom stereocenters. The maximum Gasteiger partial charge on any atom is 0.270 e. The second kappa shape index (κ2) is 7.77. The highest BCUT2D eigenvalue weighted by atomic mass is 35.5. The second-order valence-corrected chi connectivity index (χ2v) is 5.81. The molecule has 0 atom stereocenters. The van der Waals surface area contributed by atoms with Crippen molar-refractivity contribution in [3.05, 3.63) is 89.0 Å². The van der Waals surface area contributed by atoms with Gasteiger partial charge in [-0.1, -0.05) is 23.7 Å². The van der Waals surface area contributed by atoms with Crippen LogP contribution in [0.5, 0.6) is 0 Å². The maximum atomic E-state index is 12.9. The third kappa shape index (κ3) is 4.78. The van der Waals surface area contributed by atoms with Gasteiger partial charge in [0.05, 0.1) is 11.9 Å². The molecule has 1 amide bonds. The van der Waals surface area contributed by atoms with Crippen LogP contribution in [0.4, 0.5) is 15.8 Å². The van der Waals surface area contributed by atoms with Gasteiger partial charge in [-0.2, -0.15) is 0 Å². The van der Waals surface area contributed by atoms with Crippen LogP contribution in [-0.4, -0.2) is 10.9 Å². The number of halogens is 2. The molecule has 0 bridgehead atoms. The number of nitrogens with zero attached hydrogens (tertiary/aromatic N) is 1. The lowest BCUT2D eigenvalue weighted by molar-refractivity contribution is 0.0946. The number of amides is 1. The molecule has 3 aromatic rings. The van der Waals surface area contributed by atoms with Crippen LogP contribution in [0.1, 0.15) is 16.1 Å². The van der Waals surface area contributed by atoms with E-state index in [-0.39, 0.29) is 11.7 Å². The Labute approximate surface area is 149 Å². The Morgan fingerprint density at radius 1 is 0.960 bits per heavy atom. The fourth-order valence-electron chi connectivity index (χ4n) is 2.18. The van der Waals surface area contributed by atoms with E-state index < -0.39 is 0 Å². The Balaban J connectivity index is 1.58. The standard InChI is InChI=1S/C19H15ClFN3O/c20-14-3-7-16(8-4-14)24-17-9-10-18(22-12-17)19(25)23-11-13-1-5-15(21)6-2-13/h1-10,12,24H,11H2,(H,23,25). The van der Waals surface area contributed by atoms with Crippen LogP contribution in [0.15, 0.2) is 66.9 Å². The predicted molar refractivity (Wildman–Crippen MR) is 96.5 cm³/mol. The number of hydrogen-bond donors (Lipinski definition) is 2. The van der Waals surface area contributed by atoms with Crippen molar-refractivity contribution in [1.29, 1.82) is 0 Å². The van der Waals surface area contributed by atoms with Crippen LogP contribution in [-0.2, 0) is 6.54 Å². The van der Waals surface area contributed by atoms with E-state index in [0.717, 1.165) is 16.9 Å². The van der Waals surface area contributed by atoms with Gasteiger partial charge in [-0.05, 0) is 54.1 Å². The molecule has 0 fully saturated rings. The van der Waals surface area contributed by atoms with Gasteiger partial charge in [-0.25, -0.2) is 9.37 Å². The molecule has 3 rings (SSSR count). The molecular weight excluding hydrogens is 341 g/mol. The Morgan fingerprint density at radius 3 is 2.28 bits per heavy atom. The highest BCUT2D eigenvalue weighted by Crippen LogP contribution is 2.18. The average molecular weight is 356 g/mol. The highest BCUT2D eigenvalue weighted by molar-refractivity contribution is 6.30. The molecule has 0 aliphatic heterocycles. The van der Waals surface area contributed by atoms with E-state index >= 15 is 0 Å². The summed E-state index contributed by atoms with van der Waals surface area (Å²) in [6.45, 7) is 0.311. The molecule has 6 heteroatoms. The lowest BCUT2D eigenvalue weighted by Crippen LogP contribution is -2.23. The van der Waals surface area contributed by atoms with Crippen LogP contribution < -0.4 is 10.6 Å². The van der Waals surface area contributed by atoms with Gasteiger partial charge < -0.3 is 10.6 Å². The van der Waals surface area contributed by atoms with Crippen LogP contribution in [0.2, 0.25) is 5.02 Å². The first-order valence-electron chi connectivity index (χ1n) is 7.61. The Morgan fingerprint density at radius 2 is 1.64 bits per heavy atom. The molecular formula is C19H15ClFN3O. The number of anilines is 2. The van der Waals surface area contributed by atoms with Crippen molar-refractivity contribution >= 4 is 28.9 Å². The molecule has 2 aromatic carbocycles. The molecule has 1 heterocycles. The van der Waals surface area contributed by atoms with Gasteiger partial charge in [0.2, 0.25) is 0 Å². The van der Waals surface area contributed by atoms with Crippen LogP contribution in [0.25, 0.3) is 0 Å². The summed E-state index contributed by atoms with van der Waals surface area (Å²) >= 11 is 5.85. The Hall–Kier alpha value is -2.92. The molecule has 0 saturated carbocycles. The molecule has 0 radical (unpaired) electrons. The molecule has 0 aliphatic carbocycles. The molecule has 126 valence electrons. The van der Waals surface area contributed by atoms with Gasteiger partial charge in [-0.3, -0.25) is 4.79 Å². The summed E-state index contributed by atoms with van der Waals surface area (Å²) in [5, 5.41) is 6.59. The molecule has 0 spiro atoms. The minimum atomic E-state index is -0.305. The van der Waals surface area contributed by atoms with Crippen molar-refractivity contribution in [3.8, 4) is 0 Å². The van der Waals surface area contributed by atoms with E-state index in [9.17, 15) is 9.18 Å². The lowest BCUT2D eigenvalue weighted by atomic mass is 10.2. The molecule has 1 aromatic heterocycles. The van der Waals surface area contributed by atoms with Crippen molar-refractivity contribution in [2.75, 3.05) is 5.32 Å². The summed E-state index contributed by atoms with van der Waals surface area (Å²) in [5.74, 6) is -0.595. The van der Waals surface area contributed by atoms with E-state index in [1.54, 1.807) is 42.6 Å². The van der Waals surface area contributed by atoms with E-state index in [1.165, 1.54) is 12.1 Å². The van der Waals surface area contributed by atoms with Crippen LogP contribution >= 0.6 is 11.6 Å². The van der Waals surface area contributed by atoms with Gasteiger partial charge in [-0.15, -0.1) is 0 Å². The zero-order valence-electron chi connectivity index (χ0n) is 13.2. The van der Waals surface area contributed by atoms with Crippen molar-refractivity contribution in [3.63, 3.8) is 0 Å². The average Bonchev–Trinajstić information content (AvgIpc) is 2.63. The number of rotatable bonds is 5. The largest absolute Gasteiger partial charge is 0.354 e. The molecule has 25 heavy (non-hydrogen) atoms. The smallest absolute Gasteiger partial charge is 0.270 e. The predicted octanol–water partition coefficient (Wildman–Crippen LogP) is 4.55. The highest BCUT2D eigenvalue weighted by Gasteiger charge is 2.07. The van der Waals surface area contributed by atoms with Crippen molar-refractivity contribution in [2.45, 2.75) is 6.54 Å². The summed E-state index contributed by atoms with van der Waals surface area (Å²) in [6.07, 6.45) is 1.58. The maximum absolute atomic E-state index is 12.9. The van der Waals surface area contributed by atoms with E-state index in [4.69, 9.17) is 11.6 Å². The fourth-order valence-corrected chi connectivity index (χ4v) is 2.30. The number of pyridine rings is 1. The zero-order valence-corrected chi connectivity index (χ0v) is 13.9. The first kappa shape index (κ1) is 16.9. The summed E-state index contributed by atoms with van der Waals surface area (Å²) in [4.78, 5) is 16.3. The topological polar surface area (TPSA) is 54.0 Å². The monoisotopic (exact) mass is 355 g/mol. The molecule has 0 aliphatic rings.